The molecule has 17 heavy (non-hydrogen) atoms. The fraction of sp³-hybridized carbons (Fsp3) is 0.455. The Morgan fingerprint density at radius 2 is 2.29 bits per heavy atom. The van der Waals surface area contributed by atoms with Gasteiger partial charge in [-0.1, -0.05) is 12.1 Å². The third kappa shape index (κ3) is 4.41. The molecule has 1 atom stereocenters. The minimum absolute atomic E-state index is 0.162. The Balaban J connectivity index is 2.05. The van der Waals surface area contributed by atoms with Gasteiger partial charge in [0.15, 0.2) is 0 Å². The Hall–Kier alpha value is -0.390. The van der Waals surface area contributed by atoms with Gasteiger partial charge in [-0.3, -0.25) is 0 Å². The van der Waals surface area contributed by atoms with Crippen LogP contribution in [0.3, 0.4) is 0 Å². The molecule has 1 fully saturated rings. The number of halogens is 1. The predicted molar refractivity (Wildman–Crippen MR) is 71.3 cm³/mol. The third-order valence-electron chi connectivity index (χ3n) is 2.43. The Labute approximate surface area is 110 Å². The molecule has 1 unspecified atom stereocenters. The Bertz CT molecular complexity index is 481. The van der Waals surface area contributed by atoms with Crippen LogP contribution in [-0.4, -0.2) is 26.0 Å². The highest BCUT2D eigenvalue weighted by Gasteiger charge is 2.17. The van der Waals surface area contributed by atoms with Crippen LogP contribution < -0.4 is 4.74 Å². The van der Waals surface area contributed by atoms with Crippen molar-refractivity contribution < 1.29 is 13.2 Å². The van der Waals surface area contributed by atoms with Crippen molar-refractivity contribution in [3.05, 3.63) is 29.8 Å². The summed E-state index contributed by atoms with van der Waals surface area (Å²) >= 11 is 1.87. The predicted octanol–water partition coefficient (Wildman–Crippen LogP) is 2.64. The van der Waals surface area contributed by atoms with Gasteiger partial charge in [-0.2, -0.15) is 11.8 Å². The maximum absolute atomic E-state index is 11.0. The molecule has 1 aliphatic heterocycles. The first-order valence-corrected chi connectivity index (χ1v) is 8.92. The summed E-state index contributed by atoms with van der Waals surface area (Å²) < 4.78 is 27.7. The van der Waals surface area contributed by atoms with Crippen molar-refractivity contribution in [1.29, 1.82) is 0 Å². The second-order valence-electron chi connectivity index (χ2n) is 3.93. The summed E-state index contributed by atoms with van der Waals surface area (Å²) in [5.41, 5.74) is 0.656. The normalized spacial score (nSPS) is 20.4. The van der Waals surface area contributed by atoms with Gasteiger partial charge in [-0.05, 0) is 29.9 Å². The summed E-state index contributed by atoms with van der Waals surface area (Å²) in [5, 5.41) is 0. The lowest BCUT2D eigenvalue weighted by atomic mass is 10.2. The van der Waals surface area contributed by atoms with Gasteiger partial charge in [0.2, 0.25) is 9.05 Å². The van der Waals surface area contributed by atoms with Crippen molar-refractivity contribution in [3.8, 4) is 5.75 Å². The number of ether oxygens (including phenoxy) is 1. The fourth-order valence-corrected chi connectivity index (χ4v) is 3.76. The van der Waals surface area contributed by atoms with Gasteiger partial charge in [0.1, 0.15) is 11.9 Å². The molecule has 1 aliphatic rings. The number of hydrogen-bond donors (Lipinski definition) is 0. The lowest BCUT2D eigenvalue weighted by Crippen LogP contribution is -2.14. The zero-order valence-electron chi connectivity index (χ0n) is 9.13. The second kappa shape index (κ2) is 5.50. The van der Waals surface area contributed by atoms with E-state index in [-0.39, 0.29) is 11.9 Å². The summed E-state index contributed by atoms with van der Waals surface area (Å²) in [5.74, 6) is 2.68. The zero-order chi connectivity index (χ0) is 12.3. The number of rotatable bonds is 4. The van der Waals surface area contributed by atoms with Gasteiger partial charge < -0.3 is 4.74 Å². The average Bonchev–Trinajstić information content (AvgIpc) is 2.68. The number of thioether (sulfide) groups is 1. The zero-order valence-corrected chi connectivity index (χ0v) is 11.5. The molecule has 0 bridgehead atoms. The van der Waals surface area contributed by atoms with Gasteiger partial charge >= 0.3 is 0 Å². The topological polar surface area (TPSA) is 43.4 Å². The molecular weight excluding hydrogens is 280 g/mol. The Morgan fingerprint density at radius 3 is 2.94 bits per heavy atom. The molecule has 0 spiro atoms. The van der Waals surface area contributed by atoms with Crippen LogP contribution in [-0.2, 0) is 14.8 Å². The molecule has 0 radical (unpaired) electrons. The van der Waals surface area contributed by atoms with E-state index < -0.39 is 9.05 Å². The van der Waals surface area contributed by atoms with Gasteiger partial charge in [-0.25, -0.2) is 8.42 Å². The second-order valence-corrected chi connectivity index (χ2v) is 7.86. The Kier molecular flexibility index (Phi) is 4.22. The molecule has 0 aromatic heterocycles. The van der Waals surface area contributed by atoms with E-state index in [4.69, 9.17) is 15.4 Å². The van der Waals surface area contributed by atoms with E-state index in [0.29, 0.717) is 5.56 Å². The van der Waals surface area contributed by atoms with Crippen molar-refractivity contribution in [2.24, 2.45) is 0 Å². The van der Waals surface area contributed by atoms with Crippen molar-refractivity contribution >= 4 is 31.5 Å². The van der Waals surface area contributed by atoms with E-state index in [1.54, 1.807) is 18.2 Å². The van der Waals surface area contributed by atoms with Gasteiger partial charge in [-0.15, -0.1) is 0 Å². The van der Waals surface area contributed by atoms with E-state index in [1.807, 2.05) is 17.8 Å². The Morgan fingerprint density at radius 1 is 1.47 bits per heavy atom. The summed E-state index contributed by atoms with van der Waals surface area (Å²) in [6.45, 7) is 0. The van der Waals surface area contributed by atoms with Crippen LogP contribution in [0.2, 0.25) is 0 Å². The van der Waals surface area contributed by atoms with E-state index in [2.05, 4.69) is 0 Å². The summed E-state index contributed by atoms with van der Waals surface area (Å²) in [6.07, 6.45) is 1.28. The lowest BCUT2D eigenvalue weighted by Gasteiger charge is -2.12. The van der Waals surface area contributed by atoms with Gasteiger partial charge in [0.05, 0.1) is 5.75 Å². The summed E-state index contributed by atoms with van der Waals surface area (Å²) in [7, 11) is 1.71. The molecule has 0 aliphatic carbocycles. The van der Waals surface area contributed by atoms with E-state index in [9.17, 15) is 8.42 Å². The lowest BCUT2D eigenvalue weighted by molar-refractivity contribution is 0.229. The van der Waals surface area contributed by atoms with Crippen LogP contribution in [0.1, 0.15) is 12.0 Å². The molecule has 2 rings (SSSR count). The molecule has 6 heteroatoms. The van der Waals surface area contributed by atoms with Crippen LogP contribution in [0, 0.1) is 0 Å². The summed E-state index contributed by atoms with van der Waals surface area (Å²) in [6, 6.07) is 7.10. The molecule has 0 amide bonds. The maximum Gasteiger partial charge on any atom is 0.236 e. The molecule has 94 valence electrons. The van der Waals surface area contributed by atoms with Crippen LogP contribution in [0.4, 0.5) is 0 Å². The molecule has 3 nitrogen and oxygen atoms in total. The fourth-order valence-electron chi connectivity index (χ4n) is 1.71. The van der Waals surface area contributed by atoms with Crippen molar-refractivity contribution in [2.75, 3.05) is 11.5 Å². The molecule has 0 N–H and O–H groups in total. The molecule has 0 saturated carbocycles. The standard InChI is InChI=1S/C11H13ClO3S2/c12-17(13,14)8-9-2-1-3-10(6-9)15-11-4-5-16-7-11/h1-3,6,11H,4-5,7-8H2. The highest BCUT2D eigenvalue weighted by Crippen LogP contribution is 2.24. The average molecular weight is 293 g/mol. The van der Waals surface area contributed by atoms with Crippen LogP contribution >= 0.6 is 22.4 Å². The van der Waals surface area contributed by atoms with Crippen LogP contribution in [0.15, 0.2) is 24.3 Å². The highest BCUT2D eigenvalue weighted by molar-refractivity contribution is 8.13. The van der Waals surface area contributed by atoms with Crippen molar-refractivity contribution in [2.45, 2.75) is 18.3 Å². The minimum Gasteiger partial charge on any atom is -0.490 e. The quantitative estimate of drug-likeness (QED) is 0.800. The van der Waals surface area contributed by atoms with E-state index in [1.165, 1.54) is 0 Å². The van der Waals surface area contributed by atoms with Crippen LogP contribution in [0.25, 0.3) is 0 Å². The monoisotopic (exact) mass is 292 g/mol. The first-order valence-electron chi connectivity index (χ1n) is 5.28. The third-order valence-corrected chi connectivity index (χ3v) is 4.57. The SMILES string of the molecule is O=S(=O)(Cl)Cc1cccc(OC2CCSC2)c1. The maximum atomic E-state index is 11.0. The van der Waals surface area contributed by atoms with Crippen LogP contribution in [0.5, 0.6) is 5.75 Å². The van der Waals surface area contributed by atoms with E-state index >= 15 is 0 Å². The number of benzene rings is 1. The van der Waals surface area contributed by atoms with Crippen molar-refractivity contribution in [1.82, 2.24) is 0 Å². The molecule has 1 saturated heterocycles. The minimum atomic E-state index is -3.51. The molecule has 1 heterocycles. The first kappa shape index (κ1) is 13.1. The van der Waals surface area contributed by atoms with Gasteiger partial charge in [0.25, 0.3) is 0 Å². The van der Waals surface area contributed by atoms with E-state index in [0.717, 1.165) is 23.7 Å². The molecule has 1 aromatic rings. The van der Waals surface area contributed by atoms with Gasteiger partial charge in [0, 0.05) is 16.4 Å². The molecule has 1 aromatic carbocycles. The number of hydrogen-bond acceptors (Lipinski definition) is 4. The smallest absolute Gasteiger partial charge is 0.236 e. The molecular formula is C11H13ClO3S2. The van der Waals surface area contributed by atoms with Crippen molar-refractivity contribution in [3.63, 3.8) is 0 Å². The first-order chi connectivity index (χ1) is 8.03. The summed E-state index contributed by atoms with van der Waals surface area (Å²) in [4.78, 5) is 0. The largest absolute Gasteiger partial charge is 0.490 e. The highest BCUT2D eigenvalue weighted by atomic mass is 35.7.